The first-order valence-corrected chi connectivity index (χ1v) is 7.42. The molecule has 0 saturated carbocycles. The second kappa shape index (κ2) is 6.64. The molecule has 0 radical (unpaired) electrons. The lowest BCUT2D eigenvalue weighted by molar-refractivity contribution is 0.0292. The van der Waals surface area contributed by atoms with Gasteiger partial charge in [0.2, 0.25) is 0 Å². The lowest BCUT2D eigenvalue weighted by atomic mass is 9.79. The summed E-state index contributed by atoms with van der Waals surface area (Å²) in [6.07, 6.45) is 0. The molecule has 3 N–H and O–H groups in total. The number of aromatic hydroxyl groups is 1. The van der Waals surface area contributed by atoms with Crippen LogP contribution in [-0.2, 0) is 0 Å². The number of benzene rings is 1. The van der Waals surface area contributed by atoms with Crippen LogP contribution < -0.4 is 10.1 Å². The zero-order valence-electron chi connectivity index (χ0n) is 13.1. The van der Waals surface area contributed by atoms with Gasteiger partial charge in [-0.25, -0.2) is 0 Å². The standard InChI is InChI=1S/C16H26N2O3/c1-16(2,11-19)15(18-8-6-17-7-9-18)13-10-12(21-3)4-5-14(13)20/h4-5,10,15,17,19-20H,6-9,11H2,1-3H3/t15-/m1/s1. The van der Waals surface area contributed by atoms with Gasteiger partial charge in [-0.05, 0) is 18.2 Å². The van der Waals surface area contributed by atoms with E-state index >= 15 is 0 Å². The van der Waals surface area contributed by atoms with Crippen LogP contribution in [0, 0.1) is 5.41 Å². The molecule has 0 bridgehead atoms. The molecule has 1 atom stereocenters. The van der Waals surface area contributed by atoms with Crippen LogP contribution in [0.3, 0.4) is 0 Å². The van der Waals surface area contributed by atoms with Gasteiger partial charge in [-0.15, -0.1) is 0 Å². The first kappa shape index (κ1) is 16.1. The van der Waals surface area contributed by atoms with Crippen molar-refractivity contribution in [2.45, 2.75) is 19.9 Å². The molecule has 0 spiro atoms. The van der Waals surface area contributed by atoms with Crippen LogP contribution in [0.5, 0.6) is 11.5 Å². The number of phenols is 1. The molecule has 2 rings (SSSR count). The van der Waals surface area contributed by atoms with Crippen molar-refractivity contribution in [2.24, 2.45) is 5.41 Å². The highest BCUT2D eigenvalue weighted by Gasteiger charge is 2.37. The summed E-state index contributed by atoms with van der Waals surface area (Å²) in [7, 11) is 1.62. The molecule has 1 aromatic rings. The van der Waals surface area contributed by atoms with Gasteiger partial charge in [-0.1, -0.05) is 13.8 Å². The number of aliphatic hydroxyl groups is 1. The number of rotatable bonds is 5. The zero-order valence-corrected chi connectivity index (χ0v) is 13.1. The number of hydrogen-bond donors (Lipinski definition) is 3. The second-order valence-electron chi connectivity index (χ2n) is 6.26. The molecule has 5 nitrogen and oxygen atoms in total. The Morgan fingerprint density at radius 1 is 1.33 bits per heavy atom. The maximum Gasteiger partial charge on any atom is 0.120 e. The third-order valence-corrected chi connectivity index (χ3v) is 4.19. The van der Waals surface area contributed by atoms with Crippen molar-refractivity contribution < 1.29 is 14.9 Å². The van der Waals surface area contributed by atoms with Gasteiger partial charge in [-0.2, -0.15) is 0 Å². The van der Waals surface area contributed by atoms with E-state index in [1.165, 1.54) is 0 Å². The first-order valence-electron chi connectivity index (χ1n) is 7.42. The van der Waals surface area contributed by atoms with Crippen molar-refractivity contribution in [3.63, 3.8) is 0 Å². The predicted octanol–water partition coefficient (Wildman–Crippen LogP) is 1.37. The summed E-state index contributed by atoms with van der Waals surface area (Å²) in [6, 6.07) is 5.23. The van der Waals surface area contributed by atoms with E-state index in [0.717, 1.165) is 37.5 Å². The summed E-state index contributed by atoms with van der Waals surface area (Å²) >= 11 is 0. The number of nitrogens with one attached hydrogen (secondary N) is 1. The first-order chi connectivity index (χ1) is 9.99. The van der Waals surface area contributed by atoms with E-state index in [1.54, 1.807) is 19.2 Å². The van der Waals surface area contributed by atoms with Crippen LogP contribution in [0.4, 0.5) is 0 Å². The largest absolute Gasteiger partial charge is 0.508 e. The van der Waals surface area contributed by atoms with E-state index < -0.39 is 0 Å². The molecule has 1 aliphatic heterocycles. The molecule has 0 aliphatic carbocycles. The Balaban J connectivity index is 2.43. The maximum absolute atomic E-state index is 10.3. The molecule has 1 saturated heterocycles. The minimum absolute atomic E-state index is 0.0538. The average Bonchev–Trinajstić information content (AvgIpc) is 2.50. The summed E-state index contributed by atoms with van der Waals surface area (Å²) in [5, 5.41) is 23.5. The average molecular weight is 294 g/mol. The van der Waals surface area contributed by atoms with Gasteiger partial charge in [0.1, 0.15) is 11.5 Å². The number of phenolic OH excluding ortho intramolecular Hbond substituents is 1. The third kappa shape index (κ3) is 3.48. The molecule has 0 amide bonds. The fourth-order valence-corrected chi connectivity index (χ4v) is 3.02. The molecule has 0 aromatic heterocycles. The van der Waals surface area contributed by atoms with Crippen molar-refractivity contribution >= 4 is 0 Å². The Morgan fingerprint density at radius 3 is 2.57 bits per heavy atom. The second-order valence-corrected chi connectivity index (χ2v) is 6.26. The molecule has 1 aliphatic rings. The smallest absolute Gasteiger partial charge is 0.120 e. The monoisotopic (exact) mass is 294 g/mol. The van der Waals surface area contributed by atoms with Crippen LogP contribution in [0.25, 0.3) is 0 Å². The van der Waals surface area contributed by atoms with Crippen molar-refractivity contribution in [1.29, 1.82) is 0 Å². The Bertz CT molecular complexity index is 471. The predicted molar refractivity (Wildman–Crippen MR) is 82.7 cm³/mol. The molecule has 118 valence electrons. The van der Waals surface area contributed by atoms with Crippen LogP contribution in [-0.4, -0.2) is 55.0 Å². The van der Waals surface area contributed by atoms with Gasteiger partial charge in [0, 0.05) is 49.8 Å². The SMILES string of the molecule is COc1ccc(O)c([C@@H](N2CCNCC2)C(C)(C)CO)c1. The number of piperazine rings is 1. The molecular formula is C16H26N2O3. The van der Waals surface area contributed by atoms with Crippen molar-refractivity contribution in [1.82, 2.24) is 10.2 Å². The highest BCUT2D eigenvalue weighted by Crippen LogP contribution is 2.42. The number of methoxy groups -OCH3 is 1. The number of aliphatic hydroxyl groups excluding tert-OH is 1. The lowest BCUT2D eigenvalue weighted by Gasteiger charge is -2.43. The Kier molecular flexibility index (Phi) is 5.08. The molecule has 1 aromatic carbocycles. The Morgan fingerprint density at radius 2 is 2.00 bits per heavy atom. The molecule has 5 heteroatoms. The van der Waals surface area contributed by atoms with E-state index in [4.69, 9.17) is 4.74 Å². The van der Waals surface area contributed by atoms with Crippen LogP contribution >= 0.6 is 0 Å². The zero-order chi connectivity index (χ0) is 15.5. The summed E-state index contributed by atoms with van der Waals surface area (Å²) in [6.45, 7) is 7.73. The van der Waals surface area contributed by atoms with Gasteiger partial charge in [0.25, 0.3) is 0 Å². The van der Waals surface area contributed by atoms with E-state index in [0.29, 0.717) is 0 Å². The molecule has 0 unspecified atom stereocenters. The molecule has 1 heterocycles. The minimum atomic E-state index is -0.360. The summed E-state index contributed by atoms with van der Waals surface area (Å²) in [5.41, 5.74) is 0.455. The number of nitrogens with zero attached hydrogens (tertiary/aromatic N) is 1. The third-order valence-electron chi connectivity index (χ3n) is 4.19. The molecule has 21 heavy (non-hydrogen) atoms. The van der Waals surface area contributed by atoms with E-state index in [-0.39, 0.29) is 23.8 Å². The fraction of sp³-hybridized carbons (Fsp3) is 0.625. The van der Waals surface area contributed by atoms with Crippen LogP contribution in [0.2, 0.25) is 0 Å². The quantitative estimate of drug-likeness (QED) is 0.765. The number of hydrogen-bond acceptors (Lipinski definition) is 5. The van der Waals surface area contributed by atoms with Crippen LogP contribution in [0.15, 0.2) is 18.2 Å². The Labute approximate surface area is 126 Å². The topological polar surface area (TPSA) is 65.0 Å². The van der Waals surface area contributed by atoms with Crippen LogP contribution in [0.1, 0.15) is 25.5 Å². The molecule has 1 fully saturated rings. The van der Waals surface area contributed by atoms with Gasteiger partial charge in [0.15, 0.2) is 0 Å². The van der Waals surface area contributed by atoms with Gasteiger partial charge >= 0.3 is 0 Å². The van der Waals surface area contributed by atoms with Crippen molar-refractivity contribution in [2.75, 3.05) is 39.9 Å². The molecular weight excluding hydrogens is 268 g/mol. The van der Waals surface area contributed by atoms with E-state index in [1.807, 2.05) is 19.9 Å². The maximum atomic E-state index is 10.3. The highest BCUT2D eigenvalue weighted by atomic mass is 16.5. The van der Waals surface area contributed by atoms with Gasteiger partial charge in [0.05, 0.1) is 7.11 Å². The van der Waals surface area contributed by atoms with Crippen molar-refractivity contribution in [3.8, 4) is 11.5 Å². The highest BCUT2D eigenvalue weighted by molar-refractivity contribution is 5.42. The van der Waals surface area contributed by atoms with E-state index in [2.05, 4.69) is 10.2 Å². The van der Waals surface area contributed by atoms with Crippen molar-refractivity contribution in [3.05, 3.63) is 23.8 Å². The summed E-state index contributed by atoms with van der Waals surface area (Å²) in [4.78, 5) is 2.32. The lowest BCUT2D eigenvalue weighted by Crippen LogP contribution is -2.49. The Hall–Kier alpha value is -1.30. The van der Waals surface area contributed by atoms with Gasteiger partial charge in [-0.3, -0.25) is 4.90 Å². The summed E-state index contributed by atoms with van der Waals surface area (Å²) < 4.78 is 5.29. The fourth-order valence-electron chi connectivity index (χ4n) is 3.02. The summed E-state index contributed by atoms with van der Waals surface area (Å²) in [5.74, 6) is 0.970. The van der Waals surface area contributed by atoms with E-state index in [9.17, 15) is 10.2 Å². The number of ether oxygens (including phenoxy) is 1. The van der Waals surface area contributed by atoms with Gasteiger partial charge < -0.3 is 20.3 Å². The normalized spacial score (nSPS) is 18.5. The minimum Gasteiger partial charge on any atom is -0.508 e.